The molecule has 0 fully saturated rings. The van der Waals surface area contributed by atoms with Crippen LogP contribution in [0, 0.1) is 6.92 Å². The van der Waals surface area contributed by atoms with Gasteiger partial charge in [-0.3, -0.25) is 4.79 Å². The van der Waals surface area contributed by atoms with Crippen molar-refractivity contribution in [1.29, 1.82) is 0 Å². The number of aryl methyl sites for hydroxylation is 1. The summed E-state index contributed by atoms with van der Waals surface area (Å²) in [6, 6.07) is 21.8. The maximum Gasteiger partial charge on any atom is 0.336 e. The standard InChI is InChI=1S/C21H17NO3/c1-14-5-4-6-16(13-14)15-9-11-17(12-10-15)22-20(23)18-7-2-3-8-19(18)21(24)25/h2-13H,1H3,(H,22,23)(H,24,25). The Morgan fingerprint density at radius 1 is 0.800 bits per heavy atom. The zero-order chi connectivity index (χ0) is 17.8. The third kappa shape index (κ3) is 3.75. The second-order valence-corrected chi connectivity index (χ2v) is 5.75. The first-order chi connectivity index (χ1) is 12.0. The van der Waals surface area contributed by atoms with Crippen molar-refractivity contribution < 1.29 is 14.7 Å². The first-order valence-electron chi connectivity index (χ1n) is 7.85. The first-order valence-corrected chi connectivity index (χ1v) is 7.85. The fourth-order valence-electron chi connectivity index (χ4n) is 2.64. The average Bonchev–Trinajstić information content (AvgIpc) is 2.62. The second kappa shape index (κ2) is 7.01. The Morgan fingerprint density at radius 2 is 1.48 bits per heavy atom. The number of carbonyl (C=O) groups is 2. The number of carboxylic acid groups (broad SMARTS) is 1. The van der Waals surface area contributed by atoms with E-state index in [1.807, 2.05) is 37.3 Å². The van der Waals surface area contributed by atoms with Gasteiger partial charge in [0.05, 0.1) is 11.1 Å². The van der Waals surface area contributed by atoms with E-state index in [-0.39, 0.29) is 11.1 Å². The van der Waals surface area contributed by atoms with Gasteiger partial charge in [0.25, 0.3) is 5.91 Å². The number of rotatable bonds is 4. The van der Waals surface area contributed by atoms with Gasteiger partial charge in [-0.15, -0.1) is 0 Å². The summed E-state index contributed by atoms with van der Waals surface area (Å²) in [4.78, 5) is 23.6. The van der Waals surface area contributed by atoms with Crippen molar-refractivity contribution in [2.24, 2.45) is 0 Å². The highest BCUT2D eigenvalue weighted by atomic mass is 16.4. The van der Waals surface area contributed by atoms with Crippen molar-refractivity contribution in [3.8, 4) is 11.1 Å². The van der Waals surface area contributed by atoms with E-state index in [9.17, 15) is 14.7 Å². The summed E-state index contributed by atoms with van der Waals surface area (Å²) in [5, 5.41) is 11.9. The molecule has 0 aliphatic rings. The van der Waals surface area contributed by atoms with E-state index >= 15 is 0 Å². The number of nitrogens with one attached hydrogen (secondary N) is 1. The van der Waals surface area contributed by atoms with Crippen LogP contribution in [0.25, 0.3) is 11.1 Å². The quantitative estimate of drug-likeness (QED) is 0.733. The Balaban J connectivity index is 1.80. The maximum absolute atomic E-state index is 12.4. The molecule has 124 valence electrons. The van der Waals surface area contributed by atoms with Crippen LogP contribution in [0.4, 0.5) is 5.69 Å². The van der Waals surface area contributed by atoms with Crippen LogP contribution in [0.5, 0.6) is 0 Å². The smallest absolute Gasteiger partial charge is 0.336 e. The molecule has 0 saturated heterocycles. The lowest BCUT2D eigenvalue weighted by Gasteiger charge is -2.09. The number of hydrogen-bond donors (Lipinski definition) is 2. The summed E-state index contributed by atoms with van der Waals surface area (Å²) in [6.07, 6.45) is 0. The minimum atomic E-state index is -1.12. The molecule has 3 aromatic carbocycles. The molecule has 0 aromatic heterocycles. The molecule has 0 radical (unpaired) electrons. The number of carboxylic acids is 1. The van der Waals surface area contributed by atoms with E-state index in [1.165, 1.54) is 17.7 Å². The van der Waals surface area contributed by atoms with Crippen LogP contribution in [0.2, 0.25) is 0 Å². The van der Waals surface area contributed by atoms with Crippen molar-refractivity contribution in [3.63, 3.8) is 0 Å². The number of hydrogen-bond acceptors (Lipinski definition) is 2. The molecule has 0 spiro atoms. The van der Waals surface area contributed by atoms with Gasteiger partial charge < -0.3 is 10.4 Å². The summed E-state index contributed by atoms with van der Waals surface area (Å²) in [5.41, 5.74) is 4.07. The Kier molecular flexibility index (Phi) is 4.61. The van der Waals surface area contributed by atoms with Crippen LogP contribution in [0.3, 0.4) is 0 Å². The van der Waals surface area contributed by atoms with Gasteiger partial charge in [-0.2, -0.15) is 0 Å². The molecule has 0 unspecified atom stereocenters. The van der Waals surface area contributed by atoms with E-state index < -0.39 is 11.9 Å². The van der Waals surface area contributed by atoms with Gasteiger partial charge in [-0.25, -0.2) is 4.79 Å². The van der Waals surface area contributed by atoms with E-state index in [0.717, 1.165) is 11.1 Å². The highest BCUT2D eigenvalue weighted by Crippen LogP contribution is 2.22. The summed E-state index contributed by atoms with van der Waals surface area (Å²) < 4.78 is 0. The van der Waals surface area contributed by atoms with Crippen molar-refractivity contribution in [2.45, 2.75) is 6.92 Å². The van der Waals surface area contributed by atoms with Gasteiger partial charge in [0.2, 0.25) is 0 Å². The van der Waals surface area contributed by atoms with E-state index in [1.54, 1.807) is 24.3 Å². The van der Waals surface area contributed by atoms with Crippen molar-refractivity contribution >= 4 is 17.6 Å². The summed E-state index contributed by atoms with van der Waals surface area (Å²) >= 11 is 0. The van der Waals surface area contributed by atoms with Crippen LogP contribution in [-0.2, 0) is 0 Å². The third-order valence-electron chi connectivity index (χ3n) is 3.90. The maximum atomic E-state index is 12.4. The molecule has 3 rings (SSSR count). The molecule has 25 heavy (non-hydrogen) atoms. The Morgan fingerprint density at radius 3 is 2.12 bits per heavy atom. The van der Waals surface area contributed by atoms with Gasteiger partial charge >= 0.3 is 5.97 Å². The van der Waals surface area contributed by atoms with Crippen LogP contribution < -0.4 is 5.32 Å². The van der Waals surface area contributed by atoms with Crippen molar-refractivity contribution in [1.82, 2.24) is 0 Å². The first kappa shape index (κ1) is 16.5. The van der Waals surface area contributed by atoms with E-state index in [4.69, 9.17) is 0 Å². The summed E-state index contributed by atoms with van der Waals surface area (Å²) in [5.74, 6) is -1.57. The molecule has 0 atom stereocenters. The Hall–Kier alpha value is -3.40. The second-order valence-electron chi connectivity index (χ2n) is 5.75. The molecule has 4 nitrogen and oxygen atoms in total. The van der Waals surface area contributed by atoms with Crippen LogP contribution in [-0.4, -0.2) is 17.0 Å². The molecule has 0 saturated carbocycles. The molecular weight excluding hydrogens is 314 g/mol. The lowest BCUT2D eigenvalue weighted by Crippen LogP contribution is -2.16. The van der Waals surface area contributed by atoms with E-state index in [0.29, 0.717) is 5.69 Å². The van der Waals surface area contributed by atoms with Crippen molar-refractivity contribution in [2.75, 3.05) is 5.32 Å². The number of anilines is 1. The van der Waals surface area contributed by atoms with Crippen molar-refractivity contribution in [3.05, 3.63) is 89.5 Å². The third-order valence-corrected chi connectivity index (χ3v) is 3.90. The van der Waals surface area contributed by atoms with Crippen LogP contribution in [0.15, 0.2) is 72.8 Å². The molecule has 0 aliphatic carbocycles. The molecule has 2 N–H and O–H groups in total. The molecular formula is C21H17NO3. The topological polar surface area (TPSA) is 66.4 Å². The SMILES string of the molecule is Cc1cccc(-c2ccc(NC(=O)c3ccccc3C(=O)O)cc2)c1. The number of amides is 1. The van der Waals surface area contributed by atoms with Gasteiger partial charge in [0.15, 0.2) is 0 Å². The highest BCUT2D eigenvalue weighted by Gasteiger charge is 2.15. The monoisotopic (exact) mass is 331 g/mol. The zero-order valence-corrected chi connectivity index (χ0v) is 13.7. The number of carbonyl (C=O) groups excluding carboxylic acids is 1. The van der Waals surface area contributed by atoms with E-state index in [2.05, 4.69) is 11.4 Å². The number of aromatic carboxylic acids is 1. The fourth-order valence-corrected chi connectivity index (χ4v) is 2.64. The Bertz CT molecular complexity index is 930. The molecule has 1 amide bonds. The lowest BCUT2D eigenvalue weighted by atomic mass is 10.0. The minimum absolute atomic E-state index is 0.0172. The van der Waals surface area contributed by atoms with Gasteiger partial charge in [-0.05, 0) is 42.3 Å². The normalized spacial score (nSPS) is 10.3. The summed E-state index contributed by atoms with van der Waals surface area (Å²) in [7, 11) is 0. The largest absolute Gasteiger partial charge is 0.478 e. The molecule has 0 heterocycles. The van der Waals surface area contributed by atoms with Gasteiger partial charge in [-0.1, -0.05) is 54.1 Å². The van der Waals surface area contributed by atoms with Gasteiger partial charge in [0, 0.05) is 5.69 Å². The zero-order valence-electron chi connectivity index (χ0n) is 13.7. The average molecular weight is 331 g/mol. The molecule has 4 heteroatoms. The predicted octanol–water partition coefficient (Wildman–Crippen LogP) is 4.61. The molecule has 3 aromatic rings. The highest BCUT2D eigenvalue weighted by molar-refractivity contribution is 6.10. The predicted molar refractivity (Wildman–Crippen MR) is 98.0 cm³/mol. The summed E-state index contributed by atoms with van der Waals surface area (Å²) in [6.45, 7) is 2.04. The molecule has 0 bridgehead atoms. The van der Waals surface area contributed by atoms with Crippen LogP contribution >= 0.6 is 0 Å². The number of benzene rings is 3. The Labute approximate surface area is 145 Å². The lowest BCUT2D eigenvalue weighted by molar-refractivity contribution is 0.0692. The van der Waals surface area contributed by atoms with Crippen LogP contribution in [0.1, 0.15) is 26.3 Å². The van der Waals surface area contributed by atoms with Gasteiger partial charge in [0.1, 0.15) is 0 Å². The molecule has 0 aliphatic heterocycles. The minimum Gasteiger partial charge on any atom is -0.478 e. The fraction of sp³-hybridized carbons (Fsp3) is 0.0476.